The van der Waals surface area contributed by atoms with Gasteiger partial charge in [-0.05, 0) is 46.3 Å². The lowest BCUT2D eigenvalue weighted by atomic mass is 10.0. The van der Waals surface area contributed by atoms with E-state index in [9.17, 15) is 0 Å². The molecule has 0 bridgehead atoms. The SMILES string of the molecule is c1cncc(CN2CCNc3ccc(-c4csc5ccccc45)cc3C2)c1. The maximum atomic E-state index is 4.25. The molecule has 4 aromatic rings. The maximum Gasteiger partial charge on any atom is 0.0386 e. The van der Waals surface area contributed by atoms with Crippen molar-refractivity contribution in [3.63, 3.8) is 0 Å². The summed E-state index contributed by atoms with van der Waals surface area (Å²) in [5.41, 5.74) is 6.52. The number of thiophene rings is 1. The molecule has 0 unspecified atom stereocenters. The van der Waals surface area contributed by atoms with Crippen LogP contribution in [0.15, 0.2) is 72.4 Å². The van der Waals surface area contributed by atoms with Crippen molar-refractivity contribution in [3.8, 4) is 11.1 Å². The Bertz CT molecular complexity index is 1070. The molecule has 27 heavy (non-hydrogen) atoms. The van der Waals surface area contributed by atoms with Crippen LogP contribution in [0.2, 0.25) is 0 Å². The highest BCUT2D eigenvalue weighted by molar-refractivity contribution is 7.17. The third-order valence-corrected chi connectivity index (χ3v) is 6.13. The van der Waals surface area contributed by atoms with Gasteiger partial charge in [-0.25, -0.2) is 0 Å². The third-order valence-electron chi connectivity index (χ3n) is 5.16. The zero-order chi connectivity index (χ0) is 18.1. The summed E-state index contributed by atoms with van der Waals surface area (Å²) in [5, 5.41) is 7.22. The average Bonchev–Trinajstić information content (AvgIpc) is 3.03. The van der Waals surface area contributed by atoms with Crippen LogP contribution in [0.3, 0.4) is 0 Å². The summed E-state index contributed by atoms with van der Waals surface area (Å²) < 4.78 is 1.35. The Morgan fingerprint density at radius 1 is 1.07 bits per heavy atom. The quantitative estimate of drug-likeness (QED) is 0.523. The molecule has 0 aliphatic carbocycles. The lowest BCUT2D eigenvalue weighted by molar-refractivity contribution is 0.271. The molecule has 1 N–H and O–H groups in total. The Morgan fingerprint density at radius 2 is 2.04 bits per heavy atom. The van der Waals surface area contributed by atoms with Gasteiger partial charge in [0, 0.05) is 59.9 Å². The largest absolute Gasteiger partial charge is 0.383 e. The van der Waals surface area contributed by atoms with E-state index in [1.54, 1.807) is 0 Å². The minimum Gasteiger partial charge on any atom is -0.383 e. The summed E-state index contributed by atoms with van der Waals surface area (Å²) in [7, 11) is 0. The van der Waals surface area contributed by atoms with Crippen LogP contribution >= 0.6 is 11.3 Å². The molecule has 0 amide bonds. The molecule has 0 spiro atoms. The molecule has 0 saturated heterocycles. The first-order chi connectivity index (χ1) is 13.4. The van der Waals surface area contributed by atoms with E-state index >= 15 is 0 Å². The first kappa shape index (κ1) is 16.5. The number of nitrogens with one attached hydrogen (secondary N) is 1. The predicted octanol–water partition coefficient (Wildman–Crippen LogP) is 5.39. The first-order valence-corrected chi connectivity index (χ1v) is 10.2. The van der Waals surface area contributed by atoms with Crippen LogP contribution in [0, 0.1) is 0 Å². The number of benzene rings is 2. The molecule has 134 valence electrons. The van der Waals surface area contributed by atoms with E-state index in [0.717, 1.165) is 26.2 Å². The normalized spacial score (nSPS) is 14.5. The number of rotatable bonds is 3. The van der Waals surface area contributed by atoms with Crippen LogP contribution in [-0.2, 0) is 13.1 Å². The fourth-order valence-electron chi connectivity index (χ4n) is 3.82. The number of nitrogens with zero attached hydrogens (tertiary/aromatic N) is 2. The van der Waals surface area contributed by atoms with Gasteiger partial charge in [0.05, 0.1) is 0 Å². The lowest BCUT2D eigenvalue weighted by Crippen LogP contribution is -2.25. The van der Waals surface area contributed by atoms with Gasteiger partial charge in [0.25, 0.3) is 0 Å². The predicted molar refractivity (Wildman–Crippen MR) is 114 cm³/mol. The molecule has 1 aliphatic heterocycles. The highest BCUT2D eigenvalue weighted by atomic mass is 32.1. The fourth-order valence-corrected chi connectivity index (χ4v) is 4.79. The van der Waals surface area contributed by atoms with Gasteiger partial charge in [-0.1, -0.05) is 30.3 Å². The van der Waals surface area contributed by atoms with Crippen molar-refractivity contribution in [2.24, 2.45) is 0 Å². The average molecular weight is 372 g/mol. The van der Waals surface area contributed by atoms with Crippen molar-refractivity contribution >= 4 is 27.1 Å². The van der Waals surface area contributed by atoms with Crippen molar-refractivity contribution in [1.29, 1.82) is 0 Å². The van der Waals surface area contributed by atoms with E-state index in [2.05, 4.69) is 69.1 Å². The van der Waals surface area contributed by atoms with Gasteiger partial charge in [-0.15, -0.1) is 11.3 Å². The van der Waals surface area contributed by atoms with E-state index in [1.165, 1.54) is 38.0 Å². The minimum absolute atomic E-state index is 0.931. The van der Waals surface area contributed by atoms with Crippen LogP contribution < -0.4 is 5.32 Å². The zero-order valence-corrected chi connectivity index (χ0v) is 15.9. The third kappa shape index (κ3) is 3.34. The second-order valence-electron chi connectivity index (χ2n) is 7.02. The second kappa shape index (κ2) is 7.14. The summed E-state index contributed by atoms with van der Waals surface area (Å²) in [6.45, 7) is 3.88. The van der Waals surface area contributed by atoms with E-state index in [4.69, 9.17) is 0 Å². The van der Waals surface area contributed by atoms with Crippen LogP contribution in [0.5, 0.6) is 0 Å². The van der Waals surface area contributed by atoms with Crippen LogP contribution in [-0.4, -0.2) is 23.0 Å². The zero-order valence-electron chi connectivity index (χ0n) is 15.1. The standard InChI is InChI=1S/C23H21N3S/c1-2-6-23-20(5-1)21(16-27-23)18-7-8-22-19(12-18)15-26(11-10-25-22)14-17-4-3-9-24-13-17/h1-9,12-13,16,25H,10-11,14-15H2. The monoisotopic (exact) mass is 371 g/mol. The molecule has 3 nitrogen and oxygen atoms in total. The number of aromatic nitrogens is 1. The molecule has 0 fully saturated rings. The van der Waals surface area contributed by atoms with Gasteiger partial charge in [-0.3, -0.25) is 9.88 Å². The lowest BCUT2D eigenvalue weighted by Gasteiger charge is -2.20. The highest BCUT2D eigenvalue weighted by Crippen LogP contribution is 2.36. The molecule has 0 radical (unpaired) electrons. The first-order valence-electron chi connectivity index (χ1n) is 9.31. The summed E-state index contributed by atoms with van der Waals surface area (Å²) in [4.78, 5) is 6.75. The van der Waals surface area contributed by atoms with Gasteiger partial charge < -0.3 is 5.32 Å². The van der Waals surface area contributed by atoms with Crippen molar-refractivity contribution in [2.75, 3.05) is 18.4 Å². The summed E-state index contributed by atoms with van der Waals surface area (Å²) in [6, 6.07) is 19.7. The number of hydrogen-bond acceptors (Lipinski definition) is 4. The molecule has 0 atom stereocenters. The number of fused-ring (bicyclic) bond motifs is 2. The number of anilines is 1. The van der Waals surface area contributed by atoms with E-state index in [0.29, 0.717) is 0 Å². The maximum absolute atomic E-state index is 4.25. The van der Waals surface area contributed by atoms with E-state index in [1.807, 2.05) is 29.8 Å². The van der Waals surface area contributed by atoms with Gasteiger partial charge in [0.15, 0.2) is 0 Å². The van der Waals surface area contributed by atoms with E-state index < -0.39 is 0 Å². The number of hydrogen-bond donors (Lipinski definition) is 1. The molecular weight excluding hydrogens is 350 g/mol. The van der Waals surface area contributed by atoms with Crippen LogP contribution in [0.4, 0.5) is 5.69 Å². The molecule has 3 heterocycles. The van der Waals surface area contributed by atoms with Crippen molar-refractivity contribution < 1.29 is 0 Å². The van der Waals surface area contributed by atoms with Crippen molar-refractivity contribution in [3.05, 3.63) is 83.5 Å². The van der Waals surface area contributed by atoms with Gasteiger partial charge in [0.1, 0.15) is 0 Å². The smallest absolute Gasteiger partial charge is 0.0386 e. The van der Waals surface area contributed by atoms with Gasteiger partial charge >= 0.3 is 0 Å². The Balaban J connectivity index is 1.47. The molecule has 5 rings (SSSR count). The van der Waals surface area contributed by atoms with Gasteiger partial charge in [-0.2, -0.15) is 0 Å². The van der Waals surface area contributed by atoms with Crippen LogP contribution in [0.1, 0.15) is 11.1 Å². The molecule has 2 aromatic heterocycles. The van der Waals surface area contributed by atoms with Crippen LogP contribution in [0.25, 0.3) is 21.2 Å². The molecule has 0 saturated carbocycles. The van der Waals surface area contributed by atoms with E-state index in [-0.39, 0.29) is 0 Å². The minimum atomic E-state index is 0.931. The van der Waals surface area contributed by atoms with Crippen molar-refractivity contribution in [2.45, 2.75) is 13.1 Å². The van der Waals surface area contributed by atoms with Gasteiger partial charge in [0.2, 0.25) is 0 Å². The topological polar surface area (TPSA) is 28.2 Å². The molecule has 2 aromatic carbocycles. The Morgan fingerprint density at radius 3 is 2.96 bits per heavy atom. The Hall–Kier alpha value is -2.69. The summed E-state index contributed by atoms with van der Waals surface area (Å²) in [6.07, 6.45) is 3.80. The number of pyridine rings is 1. The van der Waals surface area contributed by atoms with Crippen molar-refractivity contribution in [1.82, 2.24) is 9.88 Å². The highest BCUT2D eigenvalue weighted by Gasteiger charge is 2.16. The Kier molecular flexibility index (Phi) is 4.36. The molecular formula is C23H21N3S. The fraction of sp³-hybridized carbons (Fsp3) is 0.174. The Labute approximate surface area is 163 Å². The molecule has 1 aliphatic rings. The summed E-state index contributed by atoms with van der Waals surface area (Å²) >= 11 is 1.82. The second-order valence-corrected chi connectivity index (χ2v) is 7.93. The molecule has 4 heteroatoms. The summed E-state index contributed by atoms with van der Waals surface area (Å²) in [5.74, 6) is 0.